The summed E-state index contributed by atoms with van der Waals surface area (Å²) in [7, 11) is 0. The third-order valence-corrected chi connectivity index (χ3v) is 3.42. The first-order valence-corrected chi connectivity index (χ1v) is 6.13. The fourth-order valence-corrected chi connectivity index (χ4v) is 2.01. The Morgan fingerprint density at radius 2 is 1.90 bits per heavy atom. The molecule has 20 heavy (non-hydrogen) atoms. The van der Waals surface area contributed by atoms with Crippen LogP contribution in [0.15, 0.2) is 24.3 Å². The predicted molar refractivity (Wildman–Crippen MR) is 65.8 cm³/mol. The van der Waals surface area contributed by atoms with Crippen LogP contribution in [0.1, 0.15) is 18.4 Å². The first kappa shape index (κ1) is 14.6. The summed E-state index contributed by atoms with van der Waals surface area (Å²) in [4.78, 5) is 11.4. The molecule has 4 nitrogen and oxygen atoms in total. The van der Waals surface area contributed by atoms with Crippen LogP contribution in [-0.2, 0) is 11.0 Å². The zero-order valence-electron chi connectivity index (χ0n) is 10.6. The minimum Gasteiger partial charge on any atom is -0.490 e. The Balaban J connectivity index is 2.17. The largest absolute Gasteiger partial charge is 0.490 e. The second kappa shape index (κ2) is 4.97. The summed E-state index contributed by atoms with van der Waals surface area (Å²) in [6.07, 6.45) is -3.08. The second-order valence-corrected chi connectivity index (χ2v) is 4.96. The van der Waals surface area contributed by atoms with Gasteiger partial charge >= 0.3 is 6.18 Å². The normalized spacial score (nSPS) is 18.4. The third-order valence-electron chi connectivity index (χ3n) is 3.42. The number of amides is 1. The zero-order valence-corrected chi connectivity index (χ0v) is 10.6. The summed E-state index contributed by atoms with van der Waals surface area (Å²) in [5, 5.41) is 0. The number of hydrogen-bond acceptors (Lipinski definition) is 3. The third kappa shape index (κ3) is 2.87. The van der Waals surface area contributed by atoms with Crippen LogP contribution in [0.5, 0.6) is 5.75 Å². The number of nitrogens with two attached hydrogens (primary N) is 2. The highest BCUT2D eigenvalue weighted by Crippen LogP contribution is 2.40. The van der Waals surface area contributed by atoms with E-state index in [0.29, 0.717) is 0 Å². The van der Waals surface area contributed by atoms with Crippen LogP contribution in [0.3, 0.4) is 0 Å². The fourth-order valence-electron chi connectivity index (χ4n) is 2.01. The number of alkyl halides is 3. The maximum absolute atomic E-state index is 12.8. The van der Waals surface area contributed by atoms with Crippen LogP contribution >= 0.6 is 0 Å². The van der Waals surface area contributed by atoms with Crippen molar-refractivity contribution in [2.75, 3.05) is 6.61 Å². The number of benzene rings is 1. The highest BCUT2D eigenvalue weighted by molar-refractivity contribution is 5.85. The Hall–Kier alpha value is -1.76. The maximum Gasteiger partial charge on any atom is 0.419 e. The average Bonchev–Trinajstić information content (AvgIpc) is 3.19. The second-order valence-electron chi connectivity index (χ2n) is 4.96. The van der Waals surface area contributed by atoms with E-state index in [4.69, 9.17) is 16.2 Å². The van der Waals surface area contributed by atoms with E-state index in [1.165, 1.54) is 18.2 Å². The molecule has 1 aliphatic carbocycles. The van der Waals surface area contributed by atoms with Crippen molar-refractivity contribution in [2.45, 2.75) is 24.6 Å². The monoisotopic (exact) mass is 288 g/mol. The molecule has 7 heteroatoms. The number of hydrogen-bond donors (Lipinski definition) is 2. The predicted octanol–water partition coefficient (Wildman–Crippen LogP) is 1.68. The molecule has 0 saturated heterocycles. The highest BCUT2D eigenvalue weighted by Gasteiger charge is 2.48. The van der Waals surface area contributed by atoms with E-state index in [1.807, 2.05) is 0 Å². The zero-order chi connectivity index (χ0) is 15.0. The number of rotatable bonds is 5. The van der Waals surface area contributed by atoms with Crippen LogP contribution in [0.4, 0.5) is 13.2 Å². The smallest absolute Gasteiger partial charge is 0.419 e. The Morgan fingerprint density at radius 1 is 1.30 bits per heavy atom. The molecular formula is C13H15F3N2O2. The van der Waals surface area contributed by atoms with Gasteiger partial charge in [0.25, 0.3) is 0 Å². The molecule has 1 saturated carbocycles. The summed E-state index contributed by atoms with van der Waals surface area (Å²) in [6.45, 7) is -0.361. The van der Waals surface area contributed by atoms with Crippen molar-refractivity contribution in [1.29, 1.82) is 0 Å². The molecule has 0 heterocycles. The van der Waals surface area contributed by atoms with E-state index in [2.05, 4.69) is 0 Å². The molecule has 2 rings (SSSR count). The summed E-state index contributed by atoms with van der Waals surface area (Å²) in [5.74, 6) is -1.24. The van der Waals surface area contributed by atoms with Gasteiger partial charge in [-0.2, -0.15) is 13.2 Å². The number of ether oxygens (including phenoxy) is 1. The van der Waals surface area contributed by atoms with Crippen LogP contribution in [0.25, 0.3) is 0 Å². The molecule has 110 valence electrons. The summed E-state index contributed by atoms with van der Waals surface area (Å²) in [5.41, 5.74) is 8.79. The number of para-hydroxylation sites is 1. The summed E-state index contributed by atoms with van der Waals surface area (Å²) >= 11 is 0. The number of carbonyl (C=O) groups excluding carboxylic acids is 1. The Labute approximate surface area is 113 Å². The lowest BCUT2D eigenvalue weighted by molar-refractivity contribution is -0.139. The highest BCUT2D eigenvalue weighted by atomic mass is 19.4. The first-order valence-electron chi connectivity index (χ1n) is 6.13. The van der Waals surface area contributed by atoms with Gasteiger partial charge in [0.05, 0.1) is 5.56 Å². The molecule has 0 spiro atoms. The maximum atomic E-state index is 12.8. The van der Waals surface area contributed by atoms with E-state index < -0.39 is 23.2 Å². The average molecular weight is 288 g/mol. The summed E-state index contributed by atoms with van der Waals surface area (Å²) < 4.78 is 43.5. The van der Waals surface area contributed by atoms with E-state index in [1.54, 1.807) is 0 Å². The van der Waals surface area contributed by atoms with Crippen LogP contribution < -0.4 is 16.2 Å². The minimum absolute atomic E-state index is 0.127. The van der Waals surface area contributed by atoms with E-state index in [0.717, 1.165) is 18.9 Å². The Morgan fingerprint density at radius 3 is 2.40 bits per heavy atom. The van der Waals surface area contributed by atoms with Crippen molar-refractivity contribution in [3.63, 3.8) is 0 Å². The molecule has 1 aliphatic rings. The lowest BCUT2D eigenvalue weighted by Crippen LogP contribution is -2.58. The van der Waals surface area contributed by atoms with Crippen LogP contribution in [-0.4, -0.2) is 18.1 Å². The van der Waals surface area contributed by atoms with Crippen molar-refractivity contribution in [3.05, 3.63) is 29.8 Å². The van der Waals surface area contributed by atoms with Crippen molar-refractivity contribution in [1.82, 2.24) is 0 Å². The molecular weight excluding hydrogens is 273 g/mol. The molecule has 0 aromatic heterocycles. The number of carbonyl (C=O) groups is 1. The van der Waals surface area contributed by atoms with Crippen LogP contribution in [0, 0.1) is 5.92 Å². The standard InChI is InChI=1S/C13H15F3N2O2/c14-13(15,16)9-3-1-2-4-10(9)20-7-12(18,11(17)19)8-5-6-8/h1-4,8H,5-7,18H2,(H2,17,19). The molecule has 0 aliphatic heterocycles. The van der Waals surface area contributed by atoms with Crippen molar-refractivity contribution in [2.24, 2.45) is 17.4 Å². The van der Waals surface area contributed by atoms with Gasteiger partial charge in [-0.1, -0.05) is 12.1 Å². The lowest BCUT2D eigenvalue weighted by atomic mass is 9.95. The molecule has 0 bridgehead atoms. The van der Waals surface area contributed by atoms with Gasteiger partial charge in [-0.05, 0) is 30.9 Å². The van der Waals surface area contributed by atoms with Gasteiger partial charge in [0.15, 0.2) is 0 Å². The van der Waals surface area contributed by atoms with E-state index in [-0.39, 0.29) is 18.3 Å². The van der Waals surface area contributed by atoms with Crippen molar-refractivity contribution < 1.29 is 22.7 Å². The minimum atomic E-state index is -4.53. The van der Waals surface area contributed by atoms with Gasteiger partial charge in [-0.15, -0.1) is 0 Å². The molecule has 0 radical (unpaired) electrons. The molecule has 1 atom stereocenters. The summed E-state index contributed by atoms with van der Waals surface area (Å²) in [6, 6.07) is 4.79. The lowest BCUT2D eigenvalue weighted by Gasteiger charge is -2.26. The number of primary amides is 1. The molecule has 1 aromatic rings. The molecule has 1 aromatic carbocycles. The molecule has 1 unspecified atom stereocenters. The van der Waals surface area contributed by atoms with E-state index in [9.17, 15) is 18.0 Å². The fraction of sp³-hybridized carbons (Fsp3) is 0.462. The van der Waals surface area contributed by atoms with Crippen LogP contribution in [0.2, 0.25) is 0 Å². The molecule has 4 N–H and O–H groups in total. The Bertz CT molecular complexity index is 515. The van der Waals surface area contributed by atoms with Crippen molar-refractivity contribution in [3.8, 4) is 5.75 Å². The SMILES string of the molecule is NC(=O)C(N)(COc1ccccc1C(F)(F)F)C1CC1. The quantitative estimate of drug-likeness (QED) is 0.865. The van der Waals surface area contributed by atoms with Gasteiger partial charge in [0, 0.05) is 0 Å². The first-order chi connectivity index (χ1) is 9.25. The van der Waals surface area contributed by atoms with Gasteiger partial charge in [0.2, 0.25) is 5.91 Å². The topological polar surface area (TPSA) is 78.3 Å². The van der Waals surface area contributed by atoms with Gasteiger partial charge in [0.1, 0.15) is 17.9 Å². The Kier molecular flexibility index (Phi) is 3.64. The number of halogens is 3. The van der Waals surface area contributed by atoms with Gasteiger partial charge in [-0.25, -0.2) is 0 Å². The molecule has 1 amide bonds. The van der Waals surface area contributed by atoms with E-state index >= 15 is 0 Å². The van der Waals surface area contributed by atoms with Crippen molar-refractivity contribution >= 4 is 5.91 Å². The molecule has 1 fully saturated rings. The van der Waals surface area contributed by atoms with Gasteiger partial charge in [-0.3, -0.25) is 4.79 Å². The van der Waals surface area contributed by atoms with Gasteiger partial charge < -0.3 is 16.2 Å².